The maximum Gasteiger partial charge on any atom is 0.174 e. The van der Waals surface area contributed by atoms with Gasteiger partial charge in [-0.25, -0.2) is 0 Å². The van der Waals surface area contributed by atoms with Gasteiger partial charge in [-0.1, -0.05) is 60.1 Å². The van der Waals surface area contributed by atoms with Gasteiger partial charge in [-0.2, -0.15) is 0 Å². The van der Waals surface area contributed by atoms with E-state index in [9.17, 15) is 4.79 Å². The van der Waals surface area contributed by atoms with Crippen LogP contribution in [0.2, 0.25) is 5.02 Å². The number of hydrogen-bond acceptors (Lipinski definition) is 1. The van der Waals surface area contributed by atoms with Crippen molar-refractivity contribution in [3.63, 3.8) is 0 Å². The zero-order valence-corrected chi connectivity index (χ0v) is 14.2. The van der Waals surface area contributed by atoms with Crippen LogP contribution >= 0.6 is 11.6 Å². The first-order chi connectivity index (χ1) is 12.2. The lowest BCUT2D eigenvalue weighted by atomic mass is 9.85. The third kappa shape index (κ3) is 2.97. The summed E-state index contributed by atoms with van der Waals surface area (Å²) in [4.78, 5) is 16.6. The molecule has 0 saturated carbocycles. The molecule has 0 spiro atoms. The van der Waals surface area contributed by atoms with E-state index in [1.807, 2.05) is 60.8 Å². The van der Waals surface area contributed by atoms with Crippen molar-refractivity contribution in [1.82, 2.24) is 4.98 Å². The maximum absolute atomic E-state index is 13.3. The molecule has 1 heterocycles. The van der Waals surface area contributed by atoms with Crippen LogP contribution in [0.1, 0.15) is 27.4 Å². The number of carbonyl (C=O) groups excluding carboxylic acids is 1. The van der Waals surface area contributed by atoms with Crippen molar-refractivity contribution in [2.75, 3.05) is 0 Å². The number of H-pyrrole nitrogens is 1. The minimum atomic E-state index is -0.362. The van der Waals surface area contributed by atoms with Crippen LogP contribution in [0.15, 0.2) is 85.1 Å². The molecule has 1 aromatic heterocycles. The van der Waals surface area contributed by atoms with Crippen LogP contribution in [-0.4, -0.2) is 10.8 Å². The van der Waals surface area contributed by atoms with Gasteiger partial charge < -0.3 is 4.98 Å². The standard InChI is InChI=1S/C22H16ClNO/c23-17-12-10-16(11-13-17)22(25)21(15-6-2-1-3-7-15)19-14-24-20-9-5-4-8-18(19)20/h1-14,21,24H. The molecule has 0 fully saturated rings. The lowest BCUT2D eigenvalue weighted by Gasteiger charge is -2.16. The van der Waals surface area contributed by atoms with Gasteiger partial charge in [0.15, 0.2) is 5.78 Å². The van der Waals surface area contributed by atoms with Crippen LogP contribution in [0.4, 0.5) is 0 Å². The highest BCUT2D eigenvalue weighted by Crippen LogP contribution is 2.33. The Morgan fingerprint density at radius 1 is 0.840 bits per heavy atom. The Bertz CT molecular complexity index is 1020. The topological polar surface area (TPSA) is 32.9 Å². The van der Waals surface area contributed by atoms with E-state index in [1.54, 1.807) is 24.3 Å². The number of halogens is 1. The number of ketones is 1. The largest absolute Gasteiger partial charge is 0.361 e. The van der Waals surface area contributed by atoms with Crippen molar-refractivity contribution in [3.05, 3.63) is 107 Å². The van der Waals surface area contributed by atoms with Crippen molar-refractivity contribution in [3.8, 4) is 0 Å². The monoisotopic (exact) mass is 345 g/mol. The molecule has 3 aromatic carbocycles. The summed E-state index contributed by atoms with van der Waals surface area (Å²) in [6.45, 7) is 0. The number of fused-ring (bicyclic) bond motifs is 1. The molecule has 2 nitrogen and oxygen atoms in total. The molecule has 4 rings (SSSR count). The van der Waals surface area contributed by atoms with Crippen LogP contribution in [0, 0.1) is 0 Å². The summed E-state index contributed by atoms with van der Waals surface area (Å²) in [5.74, 6) is -0.300. The molecule has 0 aliphatic heterocycles. The third-order valence-electron chi connectivity index (χ3n) is 4.46. The predicted molar refractivity (Wildman–Crippen MR) is 102 cm³/mol. The van der Waals surface area contributed by atoms with E-state index >= 15 is 0 Å². The molecule has 0 saturated heterocycles. The second-order valence-corrected chi connectivity index (χ2v) is 6.44. The van der Waals surface area contributed by atoms with E-state index in [1.165, 1.54) is 0 Å². The molecule has 3 heteroatoms. The van der Waals surface area contributed by atoms with Crippen LogP contribution in [0.3, 0.4) is 0 Å². The van der Waals surface area contributed by atoms with Gasteiger partial charge in [0.05, 0.1) is 5.92 Å². The average Bonchev–Trinajstić information content (AvgIpc) is 3.07. The number of benzene rings is 3. The number of carbonyl (C=O) groups is 1. The molecule has 0 aliphatic carbocycles. The fraction of sp³-hybridized carbons (Fsp3) is 0.0455. The van der Waals surface area contributed by atoms with E-state index in [0.717, 1.165) is 22.0 Å². The molecule has 4 aromatic rings. The first kappa shape index (κ1) is 15.7. The van der Waals surface area contributed by atoms with Gasteiger partial charge in [0.1, 0.15) is 0 Å². The van der Waals surface area contributed by atoms with Crippen molar-refractivity contribution in [2.24, 2.45) is 0 Å². The predicted octanol–water partition coefficient (Wildman–Crippen LogP) is 5.84. The second-order valence-electron chi connectivity index (χ2n) is 6.00. The Labute approximate surface area is 151 Å². The van der Waals surface area contributed by atoms with Gasteiger partial charge in [0.25, 0.3) is 0 Å². The number of Topliss-reactive ketones (excluding diaryl/α,β-unsaturated/α-hetero) is 1. The Morgan fingerprint density at radius 3 is 2.28 bits per heavy atom. The molecule has 1 unspecified atom stereocenters. The summed E-state index contributed by atoms with van der Waals surface area (Å²) in [6, 6.07) is 25.0. The van der Waals surface area contributed by atoms with Crippen LogP contribution < -0.4 is 0 Å². The summed E-state index contributed by atoms with van der Waals surface area (Å²) < 4.78 is 0. The van der Waals surface area contributed by atoms with Gasteiger partial charge in [0.2, 0.25) is 0 Å². The molecule has 0 amide bonds. The van der Waals surface area contributed by atoms with E-state index in [4.69, 9.17) is 11.6 Å². The van der Waals surface area contributed by atoms with Gasteiger partial charge >= 0.3 is 0 Å². The lowest BCUT2D eigenvalue weighted by Crippen LogP contribution is -2.14. The number of aromatic nitrogens is 1. The Kier molecular flexibility index (Phi) is 4.12. The molecule has 0 bridgehead atoms. The average molecular weight is 346 g/mol. The normalized spacial score (nSPS) is 12.2. The molecule has 25 heavy (non-hydrogen) atoms. The van der Waals surface area contributed by atoms with E-state index in [0.29, 0.717) is 10.6 Å². The number of hydrogen-bond donors (Lipinski definition) is 1. The number of para-hydroxylation sites is 1. The Morgan fingerprint density at radius 2 is 1.52 bits per heavy atom. The quantitative estimate of drug-likeness (QED) is 0.463. The van der Waals surface area contributed by atoms with Gasteiger partial charge in [-0.3, -0.25) is 4.79 Å². The highest BCUT2D eigenvalue weighted by atomic mass is 35.5. The van der Waals surface area contributed by atoms with Gasteiger partial charge in [-0.15, -0.1) is 0 Å². The van der Waals surface area contributed by atoms with Gasteiger partial charge in [0, 0.05) is 27.7 Å². The maximum atomic E-state index is 13.3. The molecule has 0 aliphatic rings. The molecule has 0 radical (unpaired) electrons. The molecule has 1 N–H and O–H groups in total. The molecular formula is C22H16ClNO. The smallest absolute Gasteiger partial charge is 0.174 e. The third-order valence-corrected chi connectivity index (χ3v) is 4.71. The summed E-state index contributed by atoms with van der Waals surface area (Å²) in [7, 11) is 0. The Hall–Kier alpha value is -2.84. The highest BCUT2D eigenvalue weighted by molar-refractivity contribution is 6.30. The zero-order valence-electron chi connectivity index (χ0n) is 13.4. The molecule has 122 valence electrons. The number of aromatic amines is 1. The minimum absolute atomic E-state index is 0.0626. The summed E-state index contributed by atoms with van der Waals surface area (Å²) in [5.41, 5.74) is 3.65. The van der Waals surface area contributed by atoms with Crippen LogP contribution in [0.5, 0.6) is 0 Å². The Balaban J connectivity index is 1.88. The van der Waals surface area contributed by atoms with Crippen molar-refractivity contribution in [1.29, 1.82) is 0 Å². The SMILES string of the molecule is O=C(c1ccc(Cl)cc1)C(c1ccccc1)c1c[nH]c2ccccc12. The fourth-order valence-corrected chi connectivity index (χ4v) is 3.36. The minimum Gasteiger partial charge on any atom is -0.361 e. The number of rotatable bonds is 4. The van der Waals surface area contributed by atoms with Crippen LogP contribution in [-0.2, 0) is 0 Å². The van der Waals surface area contributed by atoms with E-state index in [2.05, 4.69) is 4.98 Å². The van der Waals surface area contributed by atoms with Crippen molar-refractivity contribution < 1.29 is 4.79 Å². The number of nitrogens with one attached hydrogen (secondary N) is 1. The zero-order chi connectivity index (χ0) is 17.2. The summed E-state index contributed by atoms with van der Waals surface area (Å²) in [6.07, 6.45) is 1.94. The van der Waals surface area contributed by atoms with Crippen molar-refractivity contribution in [2.45, 2.75) is 5.92 Å². The van der Waals surface area contributed by atoms with Crippen molar-refractivity contribution >= 4 is 28.3 Å². The highest BCUT2D eigenvalue weighted by Gasteiger charge is 2.26. The first-order valence-electron chi connectivity index (χ1n) is 8.15. The van der Waals surface area contributed by atoms with E-state index < -0.39 is 0 Å². The summed E-state index contributed by atoms with van der Waals surface area (Å²) in [5, 5.41) is 1.69. The molecular weight excluding hydrogens is 330 g/mol. The summed E-state index contributed by atoms with van der Waals surface area (Å²) >= 11 is 5.97. The second kappa shape index (κ2) is 6.58. The lowest BCUT2D eigenvalue weighted by molar-refractivity contribution is 0.0974. The van der Waals surface area contributed by atoms with E-state index in [-0.39, 0.29) is 11.7 Å². The first-order valence-corrected chi connectivity index (χ1v) is 8.52. The van der Waals surface area contributed by atoms with Gasteiger partial charge in [-0.05, 0) is 41.5 Å². The molecule has 1 atom stereocenters. The fourth-order valence-electron chi connectivity index (χ4n) is 3.23. The van der Waals surface area contributed by atoms with Crippen LogP contribution in [0.25, 0.3) is 10.9 Å².